The third-order valence-electron chi connectivity index (χ3n) is 3.40. The first-order valence-electron chi connectivity index (χ1n) is 7.19. The van der Waals surface area contributed by atoms with Gasteiger partial charge in [0.1, 0.15) is 11.6 Å². The number of hydrogen-bond donors (Lipinski definition) is 4. The van der Waals surface area contributed by atoms with Crippen molar-refractivity contribution in [3.63, 3.8) is 0 Å². The van der Waals surface area contributed by atoms with Crippen molar-refractivity contribution < 1.29 is 19.0 Å². The van der Waals surface area contributed by atoms with Crippen LogP contribution in [0.3, 0.4) is 0 Å². The maximum Gasteiger partial charge on any atom is 0.251 e. The molecule has 5 N–H and O–H groups in total. The van der Waals surface area contributed by atoms with Crippen LogP contribution in [0.5, 0.6) is 5.75 Å². The lowest BCUT2D eigenvalue weighted by atomic mass is 9.97. The fourth-order valence-corrected chi connectivity index (χ4v) is 2.20. The van der Waals surface area contributed by atoms with Crippen molar-refractivity contribution in [3.05, 3.63) is 58.9 Å². The SMILES string of the molecule is COc1cc(C(=O)NCCO)cc(C(=N)c2cccc(F)c2)c1N. The number of amides is 1. The summed E-state index contributed by atoms with van der Waals surface area (Å²) in [5.74, 6) is -0.668. The van der Waals surface area contributed by atoms with Gasteiger partial charge in [0, 0.05) is 23.2 Å². The van der Waals surface area contributed by atoms with Crippen LogP contribution in [0, 0.1) is 11.2 Å². The number of halogens is 1. The molecule has 0 unspecified atom stereocenters. The van der Waals surface area contributed by atoms with E-state index in [-0.39, 0.29) is 41.4 Å². The number of nitrogen functional groups attached to an aromatic ring is 1. The van der Waals surface area contributed by atoms with E-state index in [1.807, 2.05) is 0 Å². The smallest absolute Gasteiger partial charge is 0.251 e. The van der Waals surface area contributed by atoms with E-state index >= 15 is 0 Å². The van der Waals surface area contributed by atoms with Crippen LogP contribution in [0.4, 0.5) is 10.1 Å². The number of anilines is 1. The fraction of sp³-hybridized carbons (Fsp3) is 0.176. The van der Waals surface area contributed by atoms with Gasteiger partial charge in [-0.2, -0.15) is 0 Å². The minimum Gasteiger partial charge on any atom is -0.495 e. The highest BCUT2D eigenvalue weighted by atomic mass is 19.1. The number of aliphatic hydroxyl groups is 1. The molecule has 0 aliphatic carbocycles. The molecule has 0 aliphatic heterocycles. The first kappa shape index (κ1) is 17.4. The average molecular weight is 331 g/mol. The van der Waals surface area contributed by atoms with Crippen LogP contribution in [0.1, 0.15) is 21.5 Å². The lowest BCUT2D eigenvalue weighted by molar-refractivity contribution is 0.0944. The second kappa shape index (κ2) is 7.56. The van der Waals surface area contributed by atoms with Gasteiger partial charge in [0.2, 0.25) is 0 Å². The third kappa shape index (κ3) is 3.69. The van der Waals surface area contributed by atoms with E-state index in [1.165, 1.54) is 37.4 Å². The van der Waals surface area contributed by atoms with Gasteiger partial charge in [-0.1, -0.05) is 12.1 Å². The highest BCUT2D eigenvalue weighted by molar-refractivity contribution is 6.15. The summed E-state index contributed by atoms with van der Waals surface area (Å²) in [6, 6.07) is 8.45. The van der Waals surface area contributed by atoms with Gasteiger partial charge in [-0.05, 0) is 24.3 Å². The first-order valence-corrected chi connectivity index (χ1v) is 7.19. The lowest BCUT2D eigenvalue weighted by Crippen LogP contribution is -2.26. The molecule has 2 aromatic rings. The van der Waals surface area contributed by atoms with Crippen molar-refractivity contribution >= 4 is 17.3 Å². The van der Waals surface area contributed by atoms with Gasteiger partial charge in [0.15, 0.2) is 0 Å². The summed E-state index contributed by atoms with van der Waals surface area (Å²) in [5.41, 5.74) is 6.98. The Bertz CT molecular complexity index is 778. The zero-order valence-electron chi connectivity index (χ0n) is 13.1. The number of rotatable bonds is 6. The second-order valence-electron chi connectivity index (χ2n) is 5.00. The molecule has 2 rings (SSSR count). The van der Waals surface area contributed by atoms with Crippen LogP contribution in [0.2, 0.25) is 0 Å². The minimum absolute atomic E-state index is 0.0258. The molecule has 0 aliphatic rings. The highest BCUT2D eigenvalue weighted by Gasteiger charge is 2.17. The zero-order chi connectivity index (χ0) is 17.7. The topological polar surface area (TPSA) is 108 Å². The molecule has 0 radical (unpaired) electrons. The Balaban J connectivity index is 2.48. The molecule has 0 heterocycles. The summed E-state index contributed by atoms with van der Waals surface area (Å²) >= 11 is 0. The number of nitrogens with two attached hydrogens (primary N) is 1. The van der Waals surface area contributed by atoms with E-state index < -0.39 is 11.7 Å². The zero-order valence-corrected chi connectivity index (χ0v) is 13.1. The molecule has 0 aromatic heterocycles. The number of nitrogens with one attached hydrogen (secondary N) is 2. The highest BCUT2D eigenvalue weighted by Crippen LogP contribution is 2.29. The van der Waals surface area contributed by atoms with E-state index in [0.717, 1.165) is 0 Å². The van der Waals surface area contributed by atoms with Gasteiger partial charge < -0.3 is 20.9 Å². The molecule has 126 valence electrons. The monoisotopic (exact) mass is 331 g/mol. The fourth-order valence-electron chi connectivity index (χ4n) is 2.20. The molecule has 0 spiro atoms. The van der Waals surface area contributed by atoms with Gasteiger partial charge in [0.25, 0.3) is 5.91 Å². The van der Waals surface area contributed by atoms with Crippen molar-refractivity contribution in [1.82, 2.24) is 5.32 Å². The predicted octanol–water partition coefficient (Wildman–Crippen LogP) is 1.55. The summed E-state index contributed by atoms with van der Waals surface area (Å²) in [5, 5.41) is 19.6. The molecule has 0 bridgehead atoms. The molecular formula is C17H18FN3O3. The number of carbonyl (C=O) groups excluding carboxylic acids is 1. The number of aliphatic hydroxyl groups excluding tert-OH is 1. The normalized spacial score (nSPS) is 10.3. The Labute approximate surface area is 138 Å². The van der Waals surface area contributed by atoms with Crippen LogP contribution >= 0.6 is 0 Å². The predicted molar refractivity (Wildman–Crippen MR) is 89.2 cm³/mol. The van der Waals surface area contributed by atoms with E-state index in [0.29, 0.717) is 5.56 Å². The molecule has 7 heteroatoms. The van der Waals surface area contributed by atoms with Crippen molar-refractivity contribution in [2.45, 2.75) is 0 Å². The van der Waals surface area contributed by atoms with E-state index in [1.54, 1.807) is 6.07 Å². The standard InChI is InChI=1S/C17H18FN3O3/c1-24-14-9-11(17(23)21-5-6-22)8-13(16(14)20)15(19)10-3-2-4-12(18)7-10/h2-4,7-9,19,22H,5-6,20H2,1H3,(H,21,23). The maximum atomic E-state index is 13.4. The Morgan fingerprint density at radius 3 is 2.71 bits per heavy atom. The molecule has 1 amide bonds. The minimum atomic E-state index is -0.473. The Morgan fingerprint density at radius 2 is 2.08 bits per heavy atom. The van der Waals surface area contributed by atoms with Crippen LogP contribution in [0.25, 0.3) is 0 Å². The van der Waals surface area contributed by atoms with Crippen molar-refractivity contribution in [3.8, 4) is 5.75 Å². The van der Waals surface area contributed by atoms with Crippen LogP contribution in [-0.4, -0.2) is 37.0 Å². The molecular weight excluding hydrogens is 313 g/mol. The summed E-state index contributed by atoms with van der Waals surface area (Å²) in [7, 11) is 1.40. The Kier molecular flexibility index (Phi) is 5.49. The Morgan fingerprint density at radius 1 is 1.33 bits per heavy atom. The van der Waals surface area contributed by atoms with Crippen molar-refractivity contribution in [1.29, 1.82) is 5.41 Å². The molecule has 2 aromatic carbocycles. The number of methoxy groups -OCH3 is 1. The second-order valence-corrected chi connectivity index (χ2v) is 5.00. The Hall–Kier alpha value is -2.93. The molecule has 0 atom stereocenters. The molecule has 6 nitrogen and oxygen atoms in total. The number of ether oxygens (including phenoxy) is 1. The van der Waals surface area contributed by atoms with Gasteiger partial charge in [-0.25, -0.2) is 4.39 Å². The number of hydrogen-bond acceptors (Lipinski definition) is 5. The van der Waals surface area contributed by atoms with Gasteiger partial charge >= 0.3 is 0 Å². The maximum absolute atomic E-state index is 13.4. The van der Waals surface area contributed by atoms with Crippen LogP contribution in [0.15, 0.2) is 36.4 Å². The number of carbonyl (C=O) groups is 1. The molecule has 0 saturated heterocycles. The number of benzene rings is 2. The summed E-state index contributed by atoms with van der Waals surface area (Å²) in [4.78, 5) is 12.1. The van der Waals surface area contributed by atoms with E-state index in [4.69, 9.17) is 21.0 Å². The molecule has 24 heavy (non-hydrogen) atoms. The molecule has 0 fully saturated rings. The third-order valence-corrected chi connectivity index (χ3v) is 3.40. The lowest BCUT2D eigenvalue weighted by Gasteiger charge is -2.14. The van der Waals surface area contributed by atoms with E-state index in [2.05, 4.69) is 5.32 Å². The molecule has 0 saturated carbocycles. The average Bonchev–Trinajstić information content (AvgIpc) is 2.59. The van der Waals surface area contributed by atoms with Crippen molar-refractivity contribution in [2.75, 3.05) is 26.0 Å². The van der Waals surface area contributed by atoms with E-state index in [9.17, 15) is 9.18 Å². The van der Waals surface area contributed by atoms with Gasteiger partial charge in [-0.3, -0.25) is 10.2 Å². The summed E-state index contributed by atoms with van der Waals surface area (Å²) in [6.07, 6.45) is 0. The van der Waals surface area contributed by atoms with Crippen LogP contribution < -0.4 is 15.8 Å². The largest absolute Gasteiger partial charge is 0.495 e. The first-order chi connectivity index (χ1) is 11.5. The quantitative estimate of drug-likeness (QED) is 0.476. The van der Waals surface area contributed by atoms with Crippen LogP contribution in [-0.2, 0) is 0 Å². The van der Waals surface area contributed by atoms with Gasteiger partial charge in [0.05, 0.1) is 25.1 Å². The summed E-state index contributed by atoms with van der Waals surface area (Å²) in [6.45, 7) is -0.0913. The summed E-state index contributed by atoms with van der Waals surface area (Å²) < 4.78 is 18.6. The van der Waals surface area contributed by atoms with Crippen molar-refractivity contribution in [2.24, 2.45) is 0 Å². The van der Waals surface area contributed by atoms with Gasteiger partial charge in [-0.15, -0.1) is 0 Å².